The van der Waals surface area contributed by atoms with Crippen LogP contribution in [0, 0.1) is 47.8 Å². The van der Waals surface area contributed by atoms with Crippen molar-refractivity contribution in [1.29, 1.82) is 0 Å². The predicted molar refractivity (Wildman–Crippen MR) is 444 cm³/mol. The summed E-state index contributed by atoms with van der Waals surface area (Å²) < 4.78 is 290. The molecule has 0 N–H and O–H groups in total. The lowest BCUT2D eigenvalue weighted by atomic mass is 9.97. The third-order valence-corrected chi connectivity index (χ3v) is 20.3. The normalized spacial score (nSPS) is 11.2. The number of benzene rings is 10. The number of carbonyl (C=O) groups excluding carboxylic acids is 4. The molecule has 0 heterocycles. The number of methoxy groups -OCH3 is 2. The summed E-state index contributed by atoms with van der Waals surface area (Å²) in [4.78, 5) is 77.8. The number of nitrogens with zero attached hydrogens (tertiary/aromatic N) is 3. The zero-order valence-corrected chi connectivity index (χ0v) is 75.2. The van der Waals surface area contributed by atoms with E-state index in [2.05, 4.69) is 112 Å². The van der Waals surface area contributed by atoms with Crippen molar-refractivity contribution in [2.24, 2.45) is 0 Å². The molecule has 0 atom stereocenters. The van der Waals surface area contributed by atoms with Gasteiger partial charge in [-0.1, -0.05) is 135 Å². The van der Waals surface area contributed by atoms with Crippen molar-refractivity contribution >= 4 is 164 Å². The Bertz CT molecular complexity index is 5420. The number of ether oxygens (including phenoxy) is 4. The van der Waals surface area contributed by atoms with Gasteiger partial charge < -0.3 is 18.9 Å². The molecule has 0 aliphatic carbocycles. The molecule has 0 saturated heterocycles. The topological polar surface area (TPSA) is 235 Å². The first-order chi connectivity index (χ1) is 58.5. The lowest BCUT2D eigenvalue weighted by Gasteiger charge is -2.14. The van der Waals surface area contributed by atoms with Gasteiger partial charge in [0, 0.05) is 118 Å². The Labute approximate surface area is 762 Å². The number of hydrogen-bond donors (Lipinski definition) is 0. The van der Waals surface area contributed by atoms with E-state index in [1.54, 1.807) is 31.4 Å². The molecule has 0 aliphatic heterocycles. The lowest BCUT2D eigenvalue weighted by molar-refractivity contribution is -0.385. The van der Waals surface area contributed by atoms with Crippen LogP contribution >= 0.6 is 123 Å². The number of esters is 2. The lowest BCUT2D eigenvalue weighted by Crippen LogP contribution is -2.16. The number of nitro benzene ring substituents is 3. The Hall–Kier alpha value is -9.54. The summed E-state index contributed by atoms with van der Waals surface area (Å²) in [6.07, 6.45) is -30.5. The summed E-state index contributed by atoms with van der Waals surface area (Å²) in [7, 11) is 3.09. The maximum Gasteiger partial charge on any atom is 0.416 e. The van der Waals surface area contributed by atoms with Crippen LogP contribution in [0.1, 0.15) is 121 Å². The van der Waals surface area contributed by atoms with E-state index in [1.165, 1.54) is 49.9 Å². The summed E-state index contributed by atoms with van der Waals surface area (Å²) in [5.41, 5.74) is -9.83. The second-order valence-electron chi connectivity index (χ2n) is 24.5. The molecule has 126 heavy (non-hydrogen) atoms. The Kier molecular flexibility index (Phi) is 41.9. The van der Waals surface area contributed by atoms with Crippen molar-refractivity contribution in [3.63, 3.8) is 0 Å². The van der Waals surface area contributed by atoms with Gasteiger partial charge in [0.1, 0.15) is 40.4 Å². The van der Waals surface area contributed by atoms with Crippen LogP contribution in [0.3, 0.4) is 0 Å². The third kappa shape index (κ3) is 33.9. The van der Waals surface area contributed by atoms with Gasteiger partial charge in [0.25, 0.3) is 17.1 Å². The Morgan fingerprint density at radius 2 is 0.571 bits per heavy atom. The van der Waals surface area contributed by atoms with Gasteiger partial charge in [-0.05, 0) is 169 Å². The fourth-order valence-corrected chi connectivity index (χ4v) is 12.8. The van der Waals surface area contributed by atoms with E-state index in [4.69, 9.17) is 30.5 Å². The molecule has 46 heteroatoms. The SMILES string of the molecule is CC(=O)Oc1ccc([N+](=O)[O-])c(CBr)c1.COc1ccc(F)c(CBr)c1.COc1ccc([N+](=O)[O-])c(CBr)c1.Clc1ccc(CBr)cc1.O=C(Oc1ccc(F)c(CBr)c1)c1cc(C(F)(F)F)cc(C(F)(F)F)c1.O=C(c1cc(C(F)(F)F)cc(C(F)(F)F)c1)c1ccc(F)c(CBr)c1.O=C(c1cc(C(F)(F)F)cc(C(F)(F)F)c1)c1ccc([N+](=O)[O-])c(CBr)c1. The van der Waals surface area contributed by atoms with Crippen LogP contribution in [0.2, 0.25) is 5.02 Å². The van der Waals surface area contributed by atoms with Crippen molar-refractivity contribution in [3.05, 3.63) is 341 Å². The van der Waals surface area contributed by atoms with Gasteiger partial charge >= 0.3 is 49.0 Å². The monoisotopic (exact) mass is 2270 g/mol. The fourth-order valence-electron chi connectivity index (χ4n) is 9.70. The molecule has 0 aliphatic rings. The maximum absolute atomic E-state index is 13.4. The van der Waals surface area contributed by atoms with E-state index in [-0.39, 0.29) is 103 Å². The molecule has 0 saturated carbocycles. The average Bonchev–Trinajstić information content (AvgIpc) is 0.793. The zero-order chi connectivity index (χ0) is 95.5. The quantitative estimate of drug-likeness (QED) is 0.0139. The molecule has 10 rings (SSSR count). The molecular formula is C80H54Br7ClF21N3O14. The van der Waals surface area contributed by atoms with Crippen LogP contribution in [-0.4, -0.2) is 52.5 Å². The number of nitro groups is 3. The number of rotatable bonds is 19. The molecule has 10 aromatic carbocycles. The Balaban J connectivity index is 0.000000318. The first kappa shape index (κ1) is 109. The number of halogens is 29. The first-order valence-electron chi connectivity index (χ1n) is 33.8. The second-order valence-corrected chi connectivity index (χ2v) is 28.9. The maximum atomic E-state index is 13.4. The molecule has 0 radical (unpaired) electrons. The van der Waals surface area contributed by atoms with Crippen molar-refractivity contribution in [3.8, 4) is 23.0 Å². The highest BCUT2D eigenvalue weighted by Gasteiger charge is 2.41. The molecule has 0 unspecified atom stereocenters. The van der Waals surface area contributed by atoms with E-state index >= 15 is 0 Å². The highest BCUT2D eigenvalue weighted by molar-refractivity contribution is 9.09. The highest BCUT2D eigenvalue weighted by Crippen LogP contribution is 2.42. The molecule has 0 aromatic heterocycles. The second kappa shape index (κ2) is 48.6. The van der Waals surface area contributed by atoms with Gasteiger partial charge in [-0.3, -0.25) is 44.7 Å². The molecule has 10 aromatic rings. The highest BCUT2D eigenvalue weighted by atomic mass is 79.9. The molecule has 676 valence electrons. The van der Waals surface area contributed by atoms with Gasteiger partial charge in [0.05, 0.1) is 67.9 Å². The summed E-state index contributed by atoms with van der Waals surface area (Å²) >= 11 is 27.4. The standard InChI is InChI=1S/C16H8BrF7O2.C16H8BrF7O.C16H8BrF6NO3.C9H8BrNO4.C8H8BrFO.C8H8BrNO3.C7H6BrCl/c17-7-9-5-12(1-2-13(9)18)26-14(25)8-3-10(15(19,20)21)6-11(4-8)16(22,23)24;17-7-10-3-8(1-2-13(10)18)14(25)9-4-11(15(19,20)21)6-12(5-9)16(22,23)24;17-7-10-3-8(1-2-13(10)24(26)27)14(25)9-4-11(15(18,19)20)6-12(5-9)16(21,22)23;1-6(12)15-8-2-3-9(11(13)14)7(4-8)5-10;1-11-7-2-3-8(10)6(4-7)5-9;1-13-7-2-3-8(10(11)12)6(4-7)5-9;8-5-6-1-3-7(9)4-2-6/h1-6H,7H2;1-6H,7H2;1-6H,7H2;2-4H,5H2,1H3;2-4H,5H2,1H3;2-4H,5H2,1H3;1-4H,5H2. The van der Waals surface area contributed by atoms with Gasteiger partial charge in [0.2, 0.25) is 0 Å². The number of hydrogen-bond acceptors (Lipinski definition) is 14. The molecule has 0 bridgehead atoms. The van der Waals surface area contributed by atoms with Crippen molar-refractivity contribution < 1.29 is 145 Å². The van der Waals surface area contributed by atoms with Crippen molar-refractivity contribution in [2.75, 3.05) is 14.2 Å². The van der Waals surface area contributed by atoms with E-state index in [1.807, 2.05) is 24.3 Å². The molecule has 0 amide bonds. The average molecular weight is 2280 g/mol. The van der Waals surface area contributed by atoms with Gasteiger partial charge in [-0.25, -0.2) is 18.0 Å². The number of ketones is 2. The van der Waals surface area contributed by atoms with Gasteiger partial charge in [-0.15, -0.1) is 0 Å². The third-order valence-electron chi connectivity index (χ3n) is 15.8. The minimum absolute atomic E-state index is 0.00257. The van der Waals surface area contributed by atoms with Crippen LogP contribution in [0.15, 0.2) is 188 Å². The van der Waals surface area contributed by atoms with Crippen molar-refractivity contribution in [1.82, 2.24) is 0 Å². The van der Waals surface area contributed by atoms with E-state index in [9.17, 15) is 142 Å². The first-order valence-corrected chi connectivity index (χ1v) is 42.1. The largest absolute Gasteiger partial charge is 0.497 e. The van der Waals surface area contributed by atoms with Gasteiger partial charge in [-0.2, -0.15) is 79.0 Å². The molecule has 17 nitrogen and oxygen atoms in total. The minimum atomic E-state index is -5.09. The van der Waals surface area contributed by atoms with Crippen LogP contribution in [0.5, 0.6) is 23.0 Å². The Morgan fingerprint density at radius 1 is 0.317 bits per heavy atom. The summed E-state index contributed by atoms with van der Waals surface area (Å²) in [5.74, 6) is -4.18. The minimum Gasteiger partial charge on any atom is -0.497 e. The predicted octanol–water partition coefficient (Wildman–Crippen LogP) is 28.6. The fraction of sp³-hybridized carbons (Fsp3) is 0.200. The number of alkyl halides is 25. The summed E-state index contributed by atoms with van der Waals surface area (Å²) in [6, 6.07) is 31.9. The van der Waals surface area contributed by atoms with Crippen LogP contribution in [-0.2, 0) is 79.2 Å². The molecular weight excluding hydrogens is 2220 g/mol. The summed E-state index contributed by atoms with van der Waals surface area (Å²) in [6.45, 7) is 1.27. The number of carbonyl (C=O) groups is 4. The van der Waals surface area contributed by atoms with E-state index < -0.39 is 137 Å². The molecule has 0 spiro atoms. The van der Waals surface area contributed by atoms with Crippen molar-refractivity contribution in [2.45, 2.75) is 81.3 Å². The van der Waals surface area contributed by atoms with Gasteiger partial charge in [0.15, 0.2) is 11.6 Å². The smallest absolute Gasteiger partial charge is 0.416 e. The van der Waals surface area contributed by atoms with Crippen LogP contribution in [0.25, 0.3) is 0 Å². The zero-order valence-electron chi connectivity index (χ0n) is 63.4. The summed E-state index contributed by atoms with van der Waals surface area (Å²) in [5, 5.41) is 35.0. The van der Waals surface area contributed by atoms with Crippen LogP contribution < -0.4 is 18.9 Å². The molecule has 0 fully saturated rings. The van der Waals surface area contributed by atoms with Crippen LogP contribution in [0.4, 0.5) is 109 Å². The van der Waals surface area contributed by atoms with E-state index in [0.29, 0.717) is 74.2 Å². The Morgan fingerprint density at radius 3 is 0.889 bits per heavy atom. The van der Waals surface area contributed by atoms with E-state index in [0.717, 1.165) is 65.0 Å².